The molecule has 2 aromatic heterocycles. The third-order valence-electron chi connectivity index (χ3n) is 5.67. The van der Waals surface area contributed by atoms with Crippen molar-refractivity contribution in [2.45, 2.75) is 51.9 Å². The Kier molecular flexibility index (Phi) is 5.91. The predicted molar refractivity (Wildman–Crippen MR) is 128 cm³/mol. The number of nitrogens with one attached hydrogen (secondary N) is 2. The molecule has 184 valence electrons. The van der Waals surface area contributed by atoms with Gasteiger partial charge in [-0.15, -0.1) is 13.2 Å². The number of nitrogens with zero attached hydrogens (tertiary/aromatic N) is 2. The van der Waals surface area contributed by atoms with E-state index >= 15 is 0 Å². The van der Waals surface area contributed by atoms with Crippen molar-refractivity contribution in [1.29, 1.82) is 0 Å². The number of halogens is 3. The summed E-state index contributed by atoms with van der Waals surface area (Å²) < 4.78 is 44.4. The van der Waals surface area contributed by atoms with E-state index < -0.39 is 11.8 Å². The van der Waals surface area contributed by atoms with Gasteiger partial charge in [0.05, 0.1) is 29.1 Å². The average Bonchev–Trinajstić information content (AvgIpc) is 3.38. The van der Waals surface area contributed by atoms with E-state index in [2.05, 4.69) is 20.0 Å². The van der Waals surface area contributed by atoms with Crippen LogP contribution in [-0.4, -0.2) is 32.3 Å². The molecule has 0 unspecified atom stereocenters. The van der Waals surface area contributed by atoms with E-state index in [4.69, 9.17) is 0 Å². The van der Waals surface area contributed by atoms with Crippen LogP contribution in [0.3, 0.4) is 0 Å². The van der Waals surface area contributed by atoms with Gasteiger partial charge in [0, 0.05) is 16.5 Å². The lowest BCUT2D eigenvalue weighted by Gasteiger charge is -2.30. The molecule has 0 saturated carbocycles. The van der Waals surface area contributed by atoms with Crippen molar-refractivity contribution < 1.29 is 22.7 Å². The van der Waals surface area contributed by atoms with E-state index in [1.807, 2.05) is 63.5 Å². The van der Waals surface area contributed by atoms with Gasteiger partial charge in [-0.25, -0.2) is 4.98 Å². The van der Waals surface area contributed by atoms with Crippen LogP contribution in [0.1, 0.15) is 40.2 Å². The Morgan fingerprint density at radius 2 is 1.77 bits per heavy atom. The van der Waals surface area contributed by atoms with Crippen molar-refractivity contribution in [2.24, 2.45) is 0 Å². The molecule has 0 atom stereocenters. The summed E-state index contributed by atoms with van der Waals surface area (Å²) in [5.74, 6) is 0.237. The molecule has 0 aliphatic heterocycles. The second-order valence-electron chi connectivity index (χ2n) is 9.98. The maximum Gasteiger partial charge on any atom is 0.573 e. The highest BCUT2D eigenvalue weighted by molar-refractivity contribution is 5.93. The molecule has 0 radical (unpaired) electrons. The number of rotatable bonds is 5. The Hall–Kier alpha value is -3.75. The van der Waals surface area contributed by atoms with E-state index in [1.165, 1.54) is 24.5 Å². The Bertz CT molecular complexity index is 1360. The number of aromatic nitrogens is 3. The Morgan fingerprint density at radius 1 is 1.03 bits per heavy atom. The maximum atomic E-state index is 13.0. The van der Waals surface area contributed by atoms with Gasteiger partial charge in [0.1, 0.15) is 11.6 Å². The lowest BCUT2D eigenvalue weighted by molar-refractivity contribution is -0.274. The molecular formula is C26H27F3N4O2. The normalized spacial score (nSPS) is 12.7. The molecule has 4 rings (SSSR count). The smallest absolute Gasteiger partial charge is 0.406 e. The quantitative estimate of drug-likeness (QED) is 0.359. The number of aromatic amines is 1. The van der Waals surface area contributed by atoms with Gasteiger partial charge in [0.2, 0.25) is 5.91 Å². The Labute approximate surface area is 201 Å². The third-order valence-corrected chi connectivity index (χ3v) is 5.67. The van der Waals surface area contributed by atoms with E-state index in [1.54, 1.807) is 12.3 Å². The molecular weight excluding hydrogens is 457 g/mol. The van der Waals surface area contributed by atoms with E-state index in [0.717, 1.165) is 16.5 Å². The minimum atomic E-state index is -4.79. The van der Waals surface area contributed by atoms with Crippen LogP contribution in [-0.2, 0) is 10.2 Å². The molecule has 0 fully saturated rings. The summed E-state index contributed by atoms with van der Waals surface area (Å²) >= 11 is 0. The van der Waals surface area contributed by atoms with E-state index in [9.17, 15) is 18.0 Å². The van der Waals surface area contributed by atoms with Gasteiger partial charge in [0.15, 0.2) is 0 Å². The zero-order valence-electron chi connectivity index (χ0n) is 20.1. The van der Waals surface area contributed by atoms with E-state index in [0.29, 0.717) is 17.1 Å². The highest BCUT2D eigenvalue weighted by Crippen LogP contribution is 2.36. The van der Waals surface area contributed by atoms with Crippen molar-refractivity contribution in [1.82, 2.24) is 19.9 Å². The standard InChI is InChI=1S/C26H27F3N4O2/c1-24(2,3)32-23(34)25(4,5)18-9-10-20-17(11-18)13-21(33(20)22-14-30-15-31-22)16-7-6-8-19(12-16)35-26(27,28)29/h6-15H,1-5H3,(H,30,31)(H,32,34). The first-order valence-corrected chi connectivity index (χ1v) is 11.1. The first-order valence-electron chi connectivity index (χ1n) is 11.1. The first-order chi connectivity index (χ1) is 16.2. The van der Waals surface area contributed by atoms with Crippen LogP contribution in [0, 0.1) is 0 Å². The molecule has 6 nitrogen and oxygen atoms in total. The number of H-pyrrole nitrogens is 1. The summed E-state index contributed by atoms with van der Waals surface area (Å²) in [5, 5.41) is 3.86. The summed E-state index contributed by atoms with van der Waals surface area (Å²) in [5.41, 5.74) is 1.61. The SMILES string of the molecule is CC(C)(C)NC(=O)C(C)(C)c1ccc2c(c1)cc(-c1cccc(OC(F)(F)F)c1)n2-c1cnc[nH]1. The van der Waals surface area contributed by atoms with Gasteiger partial charge in [-0.05, 0) is 70.5 Å². The number of imidazole rings is 1. The number of alkyl halides is 3. The number of hydrogen-bond acceptors (Lipinski definition) is 3. The summed E-state index contributed by atoms with van der Waals surface area (Å²) in [6.07, 6.45) is -1.63. The minimum Gasteiger partial charge on any atom is -0.406 e. The number of fused-ring (bicyclic) bond motifs is 1. The number of carbonyl (C=O) groups excluding carboxylic acids is 1. The number of ether oxygens (including phenoxy) is 1. The van der Waals surface area contributed by atoms with Crippen molar-refractivity contribution in [2.75, 3.05) is 0 Å². The second-order valence-corrected chi connectivity index (χ2v) is 9.98. The van der Waals surface area contributed by atoms with Crippen LogP contribution in [0.15, 0.2) is 61.1 Å². The van der Waals surface area contributed by atoms with Crippen LogP contribution >= 0.6 is 0 Å². The molecule has 2 heterocycles. The fourth-order valence-electron chi connectivity index (χ4n) is 3.93. The lowest BCUT2D eigenvalue weighted by Crippen LogP contribution is -2.48. The number of benzene rings is 2. The number of hydrogen-bond donors (Lipinski definition) is 2. The molecule has 1 amide bonds. The predicted octanol–water partition coefficient (Wildman–Crippen LogP) is 6.11. The molecule has 0 spiro atoms. The van der Waals surface area contributed by atoms with E-state index in [-0.39, 0.29) is 17.2 Å². The van der Waals surface area contributed by atoms with Crippen molar-refractivity contribution in [3.8, 4) is 22.8 Å². The minimum absolute atomic E-state index is 0.102. The molecule has 0 aliphatic rings. The molecule has 0 aliphatic carbocycles. The highest BCUT2D eigenvalue weighted by atomic mass is 19.4. The Balaban J connectivity index is 1.84. The summed E-state index contributed by atoms with van der Waals surface area (Å²) in [6.45, 7) is 9.51. The molecule has 2 aromatic carbocycles. The summed E-state index contributed by atoms with van der Waals surface area (Å²) in [7, 11) is 0. The second kappa shape index (κ2) is 8.48. The van der Waals surface area contributed by atoms with Gasteiger partial charge >= 0.3 is 6.36 Å². The summed E-state index contributed by atoms with van der Waals surface area (Å²) in [6, 6.07) is 13.4. The highest BCUT2D eigenvalue weighted by Gasteiger charge is 2.33. The molecule has 9 heteroatoms. The van der Waals surface area contributed by atoms with Crippen LogP contribution < -0.4 is 10.1 Å². The van der Waals surface area contributed by atoms with Gasteiger partial charge < -0.3 is 15.0 Å². The van der Waals surface area contributed by atoms with Gasteiger partial charge in [-0.1, -0.05) is 18.2 Å². The van der Waals surface area contributed by atoms with Gasteiger partial charge in [-0.3, -0.25) is 9.36 Å². The fourth-order valence-corrected chi connectivity index (χ4v) is 3.93. The van der Waals surface area contributed by atoms with Gasteiger partial charge in [-0.2, -0.15) is 0 Å². The number of amides is 1. The monoisotopic (exact) mass is 484 g/mol. The zero-order valence-corrected chi connectivity index (χ0v) is 20.1. The third kappa shape index (κ3) is 5.18. The van der Waals surface area contributed by atoms with Crippen LogP contribution in [0.5, 0.6) is 5.75 Å². The van der Waals surface area contributed by atoms with Crippen molar-refractivity contribution in [3.05, 3.63) is 66.6 Å². The topological polar surface area (TPSA) is 71.9 Å². The molecule has 35 heavy (non-hydrogen) atoms. The zero-order chi connectivity index (χ0) is 25.6. The fraction of sp³-hybridized carbons (Fsp3) is 0.308. The Morgan fingerprint density at radius 3 is 2.40 bits per heavy atom. The van der Waals surface area contributed by atoms with Crippen LogP contribution in [0.2, 0.25) is 0 Å². The van der Waals surface area contributed by atoms with Gasteiger partial charge in [0.25, 0.3) is 0 Å². The van der Waals surface area contributed by atoms with Crippen molar-refractivity contribution in [3.63, 3.8) is 0 Å². The largest absolute Gasteiger partial charge is 0.573 e. The maximum absolute atomic E-state index is 13.0. The first kappa shape index (κ1) is 24.4. The van der Waals surface area contributed by atoms with Crippen molar-refractivity contribution >= 4 is 16.8 Å². The summed E-state index contributed by atoms with van der Waals surface area (Å²) in [4.78, 5) is 20.2. The average molecular weight is 485 g/mol. The van der Waals surface area contributed by atoms with Crippen LogP contribution in [0.25, 0.3) is 28.0 Å². The molecule has 4 aromatic rings. The number of carbonyl (C=O) groups is 1. The lowest BCUT2D eigenvalue weighted by atomic mass is 9.82. The molecule has 0 saturated heterocycles. The molecule has 2 N–H and O–H groups in total. The molecule has 0 bridgehead atoms. The van der Waals surface area contributed by atoms with Crippen LogP contribution in [0.4, 0.5) is 13.2 Å².